The summed E-state index contributed by atoms with van der Waals surface area (Å²) in [4.78, 5) is 14.9. The molecule has 1 fully saturated rings. The third kappa shape index (κ3) is 4.76. The highest BCUT2D eigenvalue weighted by Crippen LogP contribution is 2.29. The van der Waals surface area contributed by atoms with E-state index in [-0.39, 0.29) is 23.9 Å². The number of amides is 1. The van der Waals surface area contributed by atoms with E-state index in [9.17, 15) is 13.2 Å². The maximum Gasteiger partial charge on any atom is 0.254 e. The van der Waals surface area contributed by atoms with Crippen LogP contribution in [-0.2, 0) is 10.0 Å². The van der Waals surface area contributed by atoms with Gasteiger partial charge in [-0.15, -0.1) is 0 Å². The number of nitrogens with zero attached hydrogens (tertiary/aromatic N) is 2. The second-order valence-electron chi connectivity index (χ2n) is 7.04. The van der Waals surface area contributed by atoms with Crippen LogP contribution in [0.1, 0.15) is 29.8 Å². The quantitative estimate of drug-likeness (QED) is 0.672. The monoisotopic (exact) mass is 432 g/mol. The Labute approximate surface area is 178 Å². The van der Waals surface area contributed by atoms with E-state index >= 15 is 0 Å². The third-order valence-electron chi connectivity index (χ3n) is 4.97. The van der Waals surface area contributed by atoms with Crippen LogP contribution in [0, 0.1) is 6.92 Å². The number of ether oxygens (including phenoxy) is 2. The van der Waals surface area contributed by atoms with Crippen LogP contribution in [-0.4, -0.2) is 62.9 Å². The summed E-state index contributed by atoms with van der Waals surface area (Å²) in [5.74, 6) is 0.988. The molecule has 1 saturated heterocycles. The summed E-state index contributed by atoms with van der Waals surface area (Å²) < 4.78 is 38.3. The number of hydrogen-bond donors (Lipinski definition) is 0. The number of rotatable bonds is 7. The standard InChI is InChI=1S/C22H28N2O5S/c1-4-28-20-11-8-18(16-21(20)29-5-2)22(25)23-12-14-24(15-13-23)30(26,27)19-9-6-17(3)7-10-19/h6-11,16H,4-5,12-15H2,1-3H3. The van der Waals surface area contributed by atoms with E-state index in [0.29, 0.717) is 43.4 Å². The number of carbonyl (C=O) groups is 1. The predicted molar refractivity (Wildman–Crippen MR) is 115 cm³/mol. The first-order valence-electron chi connectivity index (χ1n) is 10.1. The molecule has 0 saturated carbocycles. The molecule has 1 aliphatic rings. The second-order valence-corrected chi connectivity index (χ2v) is 8.97. The van der Waals surface area contributed by atoms with Gasteiger partial charge in [0.25, 0.3) is 5.91 Å². The first-order chi connectivity index (χ1) is 14.4. The predicted octanol–water partition coefficient (Wildman–Crippen LogP) is 2.94. The Hall–Kier alpha value is -2.58. The number of sulfonamides is 1. The van der Waals surface area contributed by atoms with Crippen molar-refractivity contribution in [3.8, 4) is 11.5 Å². The molecule has 3 rings (SSSR count). The molecule has 1 heterocycles. The molecule has 30 heavy (non-hydrogen) atoms. The summed E-state index contributed by atoms with van der Waals surface area (Å²) in [5.41, 5.74) is 1.50. The van der Waals surface area contributed by atoms with Crippen molar-refractivity contribution < 1.29 is 22.7 Å². The number of carbonyl (C=O) groups excluding carboxylic acids is 1. The zero-order valence-electron chi connectivity index (χ0n) is 17.6. The summed E-state index contributed by atoms with van der Waals surface area (Å²) in [6, 6.07) is 12.0. The summed E-state index contributed by atoms with van der Waals surface area (Å²) in [5, 5.41) is 0. The van der Waals surface area contributed by atoms with Gasteiger partial charge in [0.15, 0.2) is 11.5 Å². The highest BCUT2D eigenvalue weighted by atomic mass is 32.2. The Morgan fingerprint density at radius 3 is 2.10 bits per heavy atom. The summed E-state index contributed by atoms with van der Waals surface area (Å²) in [6.07, 6.45) is 0. The topological polar surface area (TPSA) is 76.2 Å². The highest BCUT2D eigenvalue weighted by molar-refractivity contribution is 7.89. The minimum atomic E-state index is -3.56. The van der Waals surface area contributed by atoms with Gasteiger partial charge in [-0.25, -0.2) is 8.42 Å². The van der Waals surface area contributed by atoms with Crippen LogP contribution in [0.4, 0.5) is 0 Å². The maximum atomic E-state index is 13.0. The van der Waals surface area contributed by atoms with E-state index in [2.05, 4.69) is 0 Å². The van der Waals surface area contributed by atoms with Gasteiger partial charge in [0, 0.05) is 31.7 Å². The lowest BCUT2D eigenvalue weighted by Gasteiger charge is -2.34. The van der Waals surface area contributed by atoms with E-state index in [1.807, 2.05) is 20.8 Å². The van der Waals surface area contributed by atoms with E-state index in [4.69, 9.17) is 9.47 Å². The SMILES string of the molecule is CCOc1ccc(C(=O)N2CCN(S(=O)(=O)c3ccc(C)cc3)CC2)cc1OCC. The molecule has 0 unspecified atom stereocenters. The van der Waals surface area contributed by atoms with Crippen molar-refractivity contribution in [3.63, 3.8) is 0 Å². The molecular formula is C22H28N2O5S. The molecule has 2 aromatic carbocycles. The van der Waals surface area contributed by atoms with Crippen molar-refractivity contribution in [2.75, 3.05) is 39.4 Å². The van der Waals surface area contributed by atoms with Gasteiger partial charge in [0.2, 0.25) is 10.0 Å². The van der Waals surface area contributed by atoms with Crippen LogP contribution in [0.2, 0.25) is 0 Å². The van der Waals surface area contributed by atoms with E-state index in [1.54, 1.807) is 47.4 Å². The minimum absolute atomic E-state index is 0.147. The fourth-order valence-corrected chi connectivity index (χ4v) is 4.78. The molecule has 0 aliphatic carbocycles. The zero-order valence-corrected chi connectivity index (χ0v) is 18.4. The first-order valence-corrected chi connectivity index (χ1v) is 11.6. The molecule has 0 bridgehead atoms. The average molecular weight is 433 g/mol. The maximum absolute atomic E-state index is 13.0. The molecule has 7 nitrogen and oxygen atoms in total. The molecular weight excluding hydrogens is 404 g/mol. The van der Waals surface area contributed by atoms with Gasteiger partial charge in [0.1, 0.15) is 0 Å². The molecule has 8 heteroatoms. The molecule has 0 radical (unpaired) electrons. The molecule has 162 valence electrons. The second kappa shape index (κ2) is 9.49. The largest absolute Gasteiger partial charge is 0.490 e. The van der Waals surface area contributed by atoms with E-state index < -0.39 is 10.0 Å². The van der Waals surface area contributed by atoms with Crippen LogP contribution in [0.3, 0.4) is 0 Å². The Morgan fingerprint density at radius 2 is 1.50 bits per heavy atom. The van der Waals surface area contributed by atoms with Crippen LogP contribution in [0.25, 0.3) is 0 Å². The lowest BCUT2D eigenvalue weighted by Crippen LogP contribution is -2.50. The first kappa shape index (κ1) is 22.1. The molecule has 0 N–H and O–H groups in total. The number of aryl methyl sites for hydroxylation is 1. The summed E-state index contributed by atoms with van der Waals surface area (Å²) in [7, 11) is -3.56. The molecule has 0 atom stereocenters. The van der Waals surface area contributed by atoms with Gasteiger partial charge in [0.05, 0.1) is 18.1 Å². The zero-order chi connectivity index (χ0) is 21.7. The van der Waals surface area contributed by atoms with Gasteiger partial charge in [-0.2, -0.15) is 4.31 Å². The smallest absolute Gasteiger partial charge is 0.254 e. The van der Waals surface area contributed by atoms with Crippen LogP contribution < -0.4 is 9.47 Å². The fraction of sp³-hybridized carbons (Fsp3) is 0.409. The average Bonchev–Trinajstić information content (AvgIpc) is 2.75. The Morgan fingerprint density at radius 1 is 0.900 bits per heavy atom. The van der Waals surface area contributed by atoms with Crippen molar-refractivity contribution in [1.82, 2.24) is 9.21 Å². The minimum Gasteiger partial charge on any atom is -0.490 e. The lowest BCUT2D eigenvalue weighted by atomic mass is 10.1. The Balaban J connectivity index is 1.69. The van der Waals surface area contributed by atoms with Crippen molar-refractivity contribution >= 4 is 15.9 Å². The van der Waals surface area contributed by atoms with Gasteiger partial charge in [-0.3, -0.25) is 4.79 Å². The van der Waals surface area contributed by atoms with Crippen molar-refractivity contribution in [2.45, 2.75) is 25.7 Å². The van der Waals surface area contributed by atoms with Crippen molar-refractivity contribution in [1.29, 1.82) is 0 Å². The van der Waals surface area contributed by atoms with Crippen molar-refractivity contribution in [3.05, 3.63) is 53.6 Å². The van der Waals surface area contributed by atoms with Crippen LogP contribution in [0.15, 0.2) is 47.4 Å². The van der Waals surface area contributed by atoms with Crippen LogP contribution in [0.5, 0.6) is 11.5 Å². The van der Waals surface area contributed by atoms with Gasteiger partial charge >= 0.3 is 0 Å². The molecule has 0 aromatic heterocycles. The summed E-state index contributed by atoms with van der Waals surface area (Å²) in [6.45, 7) is 7.84. The lowest BCUT2D eigenvalue weighted by molar-refractivity contribution is 0.0697. The summed E-state index contributed by atoms with van der Waals surface area (Å²) >= 11 is 0. The van der Waals surface area contributed by atoms with Crippen LogP contribution >= 0.6 is 0 Å². The van der Waals surface area contributed by atoms with Gasteiger partial charge < -0.3 is 14.4 Å². The molecule has 1 aliphatic heterocycles. The molecule has 0 spiro atoms. The normalized spacial score (nSPS) is 15.1. The van der Waals surface area contributed by atoms with Gasteiger partial charge in [-0.05, 0) is 51.1 Å². The molecule has 1 amide bonds. The highest BCUT2D eigenvalue weighted by Gasteiger charge is 2.30. The number of benzene rings is 2. The van der Waals surface area contributed by atoms with Crippen molar-refractivity contribution in [2.24, 2.45) is 0 Å². The number of hydrogen-bond acceptors (Lipinski definition) is 5. The fourth-order valence-electron chi connectivity index (χ4n) is 3.36. The Bertz CT molecular complexity index is 981. The Kier molecular flexibility index (Phi) is 6.99. The number of piperazine rings is 1. The third-order valence-corrected chi connectivity index (χ3v) is 6.89. The molecule has 2 aromatic rings. The van der Waals surface area contributed by atoms with E-state index in [1.165, 1.54) is 4.31 Å². The van der Waals surface area contributed by atoms with E-state index in [0.717, 1.165) is 5.56 Å². The van der Waals surface area contributed by atoms with Gasteiger partial charge in [-0.1, -0.05) is 17.7 Å².